The molecular formula is C13H19NO2. The van der Waals surface area contributed by atoms with Gasteiger partial charge in [-0.25, -0.2) is 0 Å². The van der Waals surface area contributed by atoms with Gasteiger partial charge in [0, 0.05) is 6.04 Å². The number of ether oxygens (including phenoxy) is 1. The molecule has 0 heterocycles. The van der Waals surface area contributed by atoms with Crippen molar-refractivity contribution in [1.29, 1.82) is 0 Å². The molecule has 0 aromatic heterocycles. The summed E-state index contributed by atoms with van der Waals surface area (Å²) in [5, 5.41) is 12.8. The van der Waals surface area contributed by atoms with Gasteiger partial charge in [-0.05, 0) is 31.9 Å². The van der Waals surface area contributed by atoms with Gasteiger partial charge in [0.15, 0.2) is 0 Å². The third kappa shape index (κ3) is 3.22. The molecular weight excluding hydrogens is 202 g/mol. The zero-order valence-electron chi connectivity index (χ0n) is 9.65. The molecule has 1 unspecified atom stereocenters. The Hall–Kier alpha value is -1.06. The van der Waals surface area contributed by atoms with Gasteiger partial charge in [-0.2, -0.15) is 0 Å². The summed E-state index contributed by atoms with van der Waals surface area (Å²) in [6.45, 7) is 2.58. The van der Waals surface area contributed by atoms with Crippen LogP contribution in [0.5, 0.6) is 5.75 Å². The van der Waals surface area contributed by atoms with Crippen molar-refractivity contribution in [2.45, 2.75) is 31.3 Å². The molecule has 3 nitrogen and oxygen atoms in total. The van der Waals surface area contributed by atoms with Crippen molar-refractivity contribution < 1.29 is 9.84 Å². The lowest BCUT2D eigenvalue weighted by Crippen LogP contribution is -2.51. The van der Waals surface area contributed by atoms with Crippen LogP contribution in [0, 0.1) is 0 Å². The van der Waals surface area contributed by atoms with Gasteiger partial charge in [-0.1, -0.05) is 18.2 Å². The summed E-state index contributed by atoms with van der Waals surface area (Å²) in [5.74, 6) is 0.847. The summed E-state index contributed by atoms with van der Waals surface area (Å²) in [4.78, 5) is 0. The first-order chi connectivity index (χ1) is 7.72. The highest BCUT2D eigenvalue weighted by atomic mass is 16.5. The Labute approximate surface area is 96.4 Å². The van der Waals surface area contributed by atoms with Crippen LogP contribution >= 0.6 is 0 Å². The Morgan fingerprint density at radius 2 is 2.06 bits per heavy atom. The number of aliphatic hydroxyl groups is 1. The maximum absolute atomic E-state index is 9.40. The maximum Gasteiger partial charge on any atom is 0.119 e. The Morgan fingerprint density at radius 3 is 2.62 bits per heavy atom. The van der Waals surface area contributed by atoms with Gasteiger partial charge in [-0.15, -0.1) is 0 Å². The molecule has 88 valence electrons. The van der Waals surface area contributed by atoms with Crippen molar-refractivity contribution in [2.24, 2.45) is 0 Å². The molecule has 0 amide bonds. The quantitative estimate of drug-likeness (QED) is 0.766. The monoisotopic (exact) mass is 221 g/mol. The SMILES string of the molecule is CC(CO)(COc1ccccc1)NC1CC1. The molecule has 1 fully saturated rings. The van der Waals surface area contributed by atoms with E-state index in [0.29, 0.717) is 12.6 Å². The molecule has 16 heavy (non-hydrogen) atoms. The third-order valence-corrected chi connectivity index (χ3v) is 2.78. The molecule has 1 aliphatic rings. The second-order valence-electron chi connectivity index (χ2n) is 4.74. The molecule has 1 saturated carbocycles. The normalized spacial score (nSPS) is 19.1. The van der Waals surface area contributed by atoms with Crippen molar-refractivity contribution in [1.82, 2.24) is 5.32 Å². The van der Waals surface area contributed by atoms with E-state index in [-0.39, 0.29) is 12.1 Å². The van der Waals surface area contributed by atoms with Crippen LogP contribution in [-0.4, -0.2) is 29.9 Å². The average molecular weight is 221 g/mol. The second kappa shape index (κ2) is 4.85. The van der Waals surface area contributed by atoms with Gasteiger partial charge in [0.2, 0.25) is 0 Å². The lowest BCUT2D eigenvalue weighted by atomic mass is 10.1. The number of aliphatic hydroxyl groups excluding tert-OH is 1. The number of para-hydroxylation sites is 1. The minimum absolute atomic E-state index is 0.0936. The van der Waals surface area contributed by atoms with Gasteiger partial charge in [0.1, 0.15) is 12.4 Å². The van der Waals surface area contributed by atoms with Crippen molar-refractivity contribution >= 4 is 0 Å². The molecule has 0 radical (unpaired) electrons. The number of hydrogen-bond donors (Lipinski definition) is 2. The minimum atomic E-state index is -0.336. The fourth-order valence-corrected chi connectivity index (χ4v) is 1.61. The van der Waals surface area contributed by atoms with E-state index >= 15 is 0 Å². The van der Waals surface area contributed by atoms with E-state index in [2.05, 4.69) is 5.32 Å². The predicted molar refractivity (Wildman–Crippen MR) is 63.6 cm³/mol. The molecule has 0 bridgehead atoms. The lowest BCUT2D eigenvalue weighted by molar-refractivity contribution is 0.114. The van der Waals surface area contributed by atoms with Crippen molar-refractivity contribution in [3.63, 3.8) is 0 Å². The zero-order valence-corrected chi connectivity index (χ0v) is 9.65. The molecule has 1 aromatic rings. The van der Waals surface area contributed by atoms with E-state index in [1.165, 1.54) is 12.8 Å². The van der Waals surface area contributed by atoms with Gasteiger partial charge < -0.3 is 15.2 Å². The Morgan fingerprint density at radius 1 is 1.38 bits per heavy atom. The van der Waals surface area contributed by atoms with E-state index in [1.54, 1.807) is 0 Å². The Bertz CT molecular complexity index is 324. The predicted octanol–water partition coefficient (Wildman–Crippen LogP) is 1.57. The van der Waals surface area contributed by atoms with Crippen LogP contribution in [0.3, 0.4) is 0 Å². The highest BCUT2D eigenvalue weighted by molar-refractivity contribution is 5.21. The van der Waals surface area contributed by atoms with Gasteiger partial charge in [0.25, 0.3) is 0 Å². The van der Waals surface area contributed by atoms with E-state index in [0.717, 1.165) is 5.75 Å². The van der Waals surface area contributed by atoms with Crippen LogP contribution in [0.2, 0.25) is 0 Å². The molecule has 2 rings (SSSR count). The van der Waals surface area contributed by atoms with Gasteiger partial charge in [-0.3, -0.25) is 0 Å². The van der Waals surface area contributed by atoms with Gasteiger partial charge >= 0.3 is 0 Å². The highest BCUT2D eigenvalue weighted by Crippen LogP contribution is 2.23. The smallest absolute Gasteiger partial charge is 0.119 e. The molecule has 1 aliphatic carbocycles. The summed E-state index contributed by atoms with van der Waals surface area (Å²) >= 11 is 0. The summed E-state index contributed by atoms with van der Waals surface area (Å²) in [7, 11) is 0. The van der Waals surface area contributed by atoms with Crippen molar-refractivity contribution in [3.8, 4) is 5.75 Å². The molecule has 2 N–H and O–H groups in total. The Balaban J connectivity index is 1.86. The lowest BCUT2D eigenvalue weighted by Gasteiger charge is -2.28. The maximum atomic E-state index is 9.40. The third-order valence-electron chi connectivity index (χ3n) is 2.78. The van der Waals surface area contributed by atoms with Crippen molar-refractivity contribution in [2.75, 3.05) is 13.2 Å². The van der Waals surface area contributed by atoms with E-state index in [4.69, 9.17) is 4.74 Å². The summed E-state index contributed by atoms with van der Waals surface area (Å²) in [6, 6.07) is 10.3. The fraction of sp³-hybridized carbons (Fsp3) is 0.538. The van der Waals surface area contributed by atoms with E-state index in [1.807, 2.05) is 37.3 Å². The largest absolute Gasteiger partial charge is 0.492 e. The first kappa shape index (κ1) is 11.4. The van der Waals surface area contributed by atoms with Crippen LogP contribution < -0.4 is 10.1 Å². The molecule has 1 atom stereocenters. The molecule has 3 heteroatoms. The number of hydrogen-bond acceptors (Lipinski definition) is 3. The van der Waals surface area contributed by atoms with Crippen LogP contribution in [0.4, 0.5) is 0 Å². The van der Waals surface area contributed by atoms with Crippen LogP contribution in [0.15, 0.2) is 30.3 Å². The fourth-order valence-electron chi connectivity index (χ4n) is 1.61. The van der Waals surface area contributed by atoms with E-state index < -0.39 is 0 Å². The summed E-state index contributed by atoms with van der Waals surface area (Å²) in [5.41, 5.74) is -0.336. The average Bonchev–Trinajstić information content (AvgIpc) is 3.12. The first-order valence-corrected chi connectivity index (χ1v) is 5.78. The molecule has 0 saturated heterocycles. The molecule has 0 spiro atoms. The van der Waals surface area contributed by atoms with Crippen LogP contribution in [0.25, 0.3) is 0 Å². The minimum Gasteiger partial charge on any atom is -0.492 e. The zero-order chi connectivity index (χ0) is 11.4. The Kier molecular flexibility index (Phi) is 3.46. The number of nitrogens with one attached hydrogen (secondary N) is 1. The standard InChI is InChI=1S/C13H19NO2/c1-13(9-15,14-11-7-8-11)10-16-12-5-3-2-4-6-12/h2-6,11,14-15H,7-10H2,1H3. The van der Waals surface area contributed by atoms with E-state index in [9.17, 15) is 5.11 Å². The van der Waals surface area contributed by atoms with Gasteiger partial charge in [0.05, 0.1) is 12.1 Å². The topological polar surface area (TPSA) is 41.5 Å². The number of benzene rings is 1. The molecule has 0 aliphatic heterocycles. The summed E-state index contributed by atoms with van der Waals surface area (Å²) < 4.78 is 5.67. The van der Waals surface area contributed by atoms with Crippen LogP contribution in [0.1, 0.15) is 19.8 Å². The summed E-state index contributed by atoms with van der Waals surface area (Å²) in [6.07, 6.45) is 2.42. The molecule has 1 aromatic carbocycles. The van der Waals surface area contributed by atoms with Crippen molar-refractivity contribution in [3.05, 3.63) is 30.3 Å². The first-order valence-electron chi connectivity index (χ1n) is 5.78. The highest BCUT2D eigenvalue weighted by Gasteiger charge is 2.32. The second-order valence-corrected chi connectivity index (χ2v) is 4.74. The number of rotatable bonds is 6. The van der Waals surface area contributed by atoms with Crippen LogP contribution in [-0.2, 0) is 0 Å².